The van der Waals surface area contributed by atoms with Crippen molar-refractivity contribution in [2.24, 2.45) is 0 Å². The summed E-state index contributed by atoms with van der Waals surface area (Å²) in [5, 5.41) is 17.6. The number of halogens is 2. The van der Waals surface area contributed by atoms with Crippen LogP contribution in [0.1, 0.15) is 11.6 Å². The zero-order valence-corrected chi connectivity index (χ0v) is 9.43. The van der Waals surface area contributed by atoms with Crippen LogP contribution in [0.25, 0.3) is 0 Å². The number of aliphatic carboxylic acids is 2. The molecule has 0 aliphatic heterocycles. The molecule has 0 bridgehead atoms. The Bertz CT molecular complexity index is 478. The van der Waals surface area contributed by atoms with Gasteiger partial charge in [0.2, 0.25) is 0 Å². The summed E-state index contributed by atoms with van der Waals surface area (Å²) in [6.45, 7) is -0.576. The molecule has 18 heavy (non-hydrogen) atoms. The van der Waals surface area contributed by atoms with Gasteiger partial charge in [-0.1, -0.05) is 6.07 Å². The number of carboxylic acids is 2. The van der Waals surface area contributed by atoms with Gasteiger partial charge in [-0.05, 0) is 13.1 Å². The molecule has 1 rings (SSSR count). The first kappa shape index (κ1) is 14.0. The molecule has 0 spiro atoms. The van der Waals surface area contributed by atoms with Crippen LogP contribution in [0.15, 0.2) is 18.2 Å². The summed E-state index contributed by atoms with van der Waals surface area (Å²) in [6, 6.07) is 0.978. The molecular formula is C11H11F2NO4. The number of carbonyl (C=O) groups is 2. The van der Waals surface area contributed by atoms with Crippen molar-refractivity contribution in [3.8, 4) is 0 Å². The van der Waals surface area contributed by atoms with Crippen molar-refractivity contribution in [2.75, 3.05) is 13.6 Å². The first-order valence-electron chi connectivity index (χ1n) is 4.92. The van der Waals surface area contributed by atoms with Gasteiger partial charge in [0.1, 0.15) is 17.7 Å². The van der Waals surface area contributed by atoms with E-state index >= 15 is 0 Å². The quantitative estimate of drug-likeness (QED) is 0.828. The highest BCUT2D eigenvalue weighted by Gasteiger charge is 2.28. The van der Waals surface area contributed by atoms with Crippen LogP contribution in [-0.2, 0) is 9.59 Å². The Labute approximate surface area is 101 Å². The van der Waals surface area contributed by atoms with Gasteiger partial charge in [-0.15, -0.1) is 0 Å². The van der Waals surface area contributed by atoms with E-state index in [9.17, 15) is 18.4 Å². The first-order valence-corrected chi connectivity index (χ1v) is 4.92. The molecule has 98 valence electrons. The fraction of sp³-hybridized carbons (Fsp3) is 0.273. The second kappa shape index (κ2) is 5.54. The molecular weight excluding hydrogens is 248 g/mol. The van der Waals surface area contributed by atoms with E-state index in [1.807, 2.05) is 0 Å². The fourth-order valence-corrected chi connectivity index (χ4v) is 1.59. The van der Waals surface area contributed by atoms with Crippen LogP contribution >= 0.6 is 0 Å². The summed E-state index contributed by atoms with van der Waals surface area (Å²) >= 11 is 0. The summed E-state index contributed by atoms with van der Waals surface area (Å²) in [6.07, 6.45) is 0. The van der Waals surface area contributed by atoms with Crippen LogP contribution in [0.4, 0.5) is 8.78 Å². The van der Waals surface area contributed by atoms with Gasteiger partial charge < -0.3 is 10.2 Å². The third-order valence-corrected chi connectivity index (χ3v) is 2.32. The number of rotatable bonds is 5. The second-order valence-corrected chi connectivity index (χ2v) is 3.72. The predicted molar refractivity (Wildman–Crippen MR) is 57.0 cm³/mol. The van der Waals surface area contributed by atoms with Crippen LogP contribution in [0.2, 0.25) is 0 Å². The van der Waals surface area contributed by atoms with Gasteiger partial charge in [0.05, 0.1) is 6.54 Å². The average Bonchev–Trinajstić information content (AvgIpc) is 2.20. The van der Waals surface area contributed by atoms with Crippen LogP contribution < -0.4 is 0 Å². The summed E-state index contributed by atoms with van der Waals surface area (Å²) in [4.78, 5) is 22.5. The average molecular weight is 259 g/mol. The van der Waals surface area contributed by atoms with Crippen molar-refractivity contribution in [3.05, 3.63) is 35.4 Å². The summed E-state index contributed by atoms with van der Waals surface area (Å²) in [7, 11) is 1.23. The van der Waals surface area contributed by atoms with Crippen LogP contribution in [0.3, 0.4) is 0 Å². The first-order chi connectivity index (χ1) is 8.32. The monoisotopic (exact) mass is 259 g/mol. The molecule has 0 aliphatic carbocycles. The minimum Gasteiger partial charge on any atom is -0.480 e. The Morgan fingerprint density at radius 2 is 1.94 bits per heavy atom. The molecule has 0 aromatic heterocycles. The van der Waals surface area contributed by atoms with Gasteiger partial charge in [0.15, 0.2) is 0 Å². The van der Waals surface area contributed by atoms with Gasteiger partial charge in [-0.3, -0.25) is 14.5 Å². The molecule has 1 unspecified atom stereocenters. The van der Waals surface area contributed by atoms with Crippen LogP contribution in [0.5, 0.6) is 0 Å². The van der Waals surface area contributed by atoms with E-state index in [-0.39, 0.29) is 5.56 Å². The number of carboxylic acid groups (broad SMARTS) is 2. The summed E-state index contributed by atoms with van der Waals surface area (Å²) in [5.74, 6) is -4.52. The smallest absolute Gasteiger partial charge is 0.325 e. The third kappa shape index (κ3) is 3.24. The van der Waals surface area contributed by atoms with E-state index < -0.39 is 36.2 Å². The third-order valence-electron chi connectivity index (χ3n) is 2.32. The highest BCUT2D eigenvalue weighted by Crippen LogP contribution is 2.23. The van der Waals surface area contributed by atoms with E-state index in [1.165, 1.54) is 7.05 Å². The Kier molecular flexibility index (Phi) is 4.33. The van der Waals surface area contributed by atoms with Crippen molar-refractivity contribution in [1.82, 2.24) is 4.90 Å². The van der Waals surface area contributed by atoms with E-state index in [1.54, 1.807) is 0 Å². The van der Waals surface area contributed by atoms with Gasteiger partial charge in [-0.25, -0.2) is 8.78 Å². The molecule has 1 aromatic carbocycles. The summed E-state index contributed by atoms with van der Waals surface area (Å²) in [5.41, 5.74) is -0.285. The largest absolute Gasteiger partial charge is 0.480 e. The lowest BCUT2D eigenvalue weighted by Gasteiger charge is -2.23. The zero-order chi connectivity index (χ0) is 13.9. The topological polar surface area (TPSA) is 77.8 Å². The SMILES string of the molecule is CN(CC(=O)O)C(C(=O)O)c1ccc(F)cc1F. The maximum atomic E-state index is 13.5. The van der Waals surface area contributed by atoms with Crippen molar-refractivity contribution in [1.29, 1.82) is 0 Å². The Hall–Kier alpha value is -2.02. The molecule has 1 aromatic rings. The molecule has 0 fully saturated rings. The molecule has 0 saturated heterocycles. The molecule has 0 radical (unpaired) electrons. The Morgan fingerprint density at radius 3 is 2.39 bits per heavy atom. The fourth-order valence-electron chi connectivity index (χ4n) is 1.59. The number of hydrogen-bond donors (Lipinski definition) is 2. The van der Waals surface area contributed by atoms with Gasteiger partial charge in [0, 0.05) is 11.6 Å². The van der Waals surface area contributed by atoms with Crippen molar-refractivity contribution in [3.63, 3.8) is 0 Å². The van der Waals surface area contributed by atoms with Crippen molar-refractivity contribution >= 4 is 11.9 Å². The number of nitrogens with zero attached hydrogens (tertiary/aromatic N) is 1. The Balaban J connectivity index is 3.12. The lowest BCUT2D eigenvalue weighted by Crippen LogP contribution is -2.35. The second-order valence-electron chi connectivity index (χ2n) is 3.72. The minimum atomic E-state index is -1.48. The van der Waals surface area contributed by atoms with Crippen molar-refractivity contribution < 1.29 is 28.6 Å². The molecule has 1 atom stereocenters. The van der Waals surface area contributed by atoms with Gasteiger partial charge in [-0.2, -0.15) is 0 Å². The minimum absolute atomic E-state index is 0.285. The maximum Gasteiger partial charge on any atom is 0.325 e. The molecule has 5 nitrogen and oxygen atoms in total. The van der Waals surface area contributed by atoms with E-state index in [2.05, 4.69) is 0 Å². The normalized spacial score (nSPS) is 12.4. The predicted octanol–water partition coefficient (Wildman–Crippen LogP) is 1.11. The Morgan fingerprint density at radius 1 is 1.33 bits per heavy atom. The lowest BCUT2D eigenvalue weighted by molar-refractivity contribution is -0.145. The van der Waals surface area contributed by atoms with Gasteiger partial charge >= 0.3 is 11.9 Å². The van der Waals surface area contributed by atoms with E-state index in [4.69, 9.17) is 10.2 Å². The maximum absolute atomic E-state index is 13.5. The molecule has 0 amide bonds. The molecule has 0 heterocycles. The molecule has 2 N–H and O–H groups in total. The molecule has 0 aliphatic rings. The van der Waals surface area contributed by atoms with Gasteiger partial charge in [0.25, 0.3) is 0 Å². The molecule has 0 saturated carbocycles. The van der Waals surface area contributed by atoms with E-state index in [0.29, 0.717) is 6.07 Å². The standard InChI is InChI=1S/C11H11F2NO4/c1-14(5-9(15)16)10(11(17)18)7-3-2-6(12)4-8(7)13/h2-4,10H,5H2,1H3,(H,15,16)(H,17,18). The molecule has 7 heteroatoms. The van der Waals surface area contributed by atoms with Crippen LogP contribution in [0, 0.1) is 11.6 Å². The number of benzene rings is 1. The lowest BCUT2D eigenvalue weighted by atomic mass is 10.0. The van der Waals surface area contributed by atoms with Crippen molar-refractivity contribution in [2.45, 2.75) is 6.04 Å². The zero-order valence-electron chi connectivity index (χ0n) is 9.43. The highest BCUT2D eigenvalue weighted by molar-refractivity contribution is 5.77. The number of likely N-dealkylation sites (N-methyl/N-ethyl adjacent to an activating group) is 1. The highest BCUT2D eigenvalue weighted by atomic mass is 19.1. The van der Waals surface area contributed by atoms with Crippen LogP contribution in [-0.4, -0.2) is 40.6 Å². The summed E-state index contributed by atoms with van der Waals surface area (Å²) < 4.78 is 26.2. The van der Waals surface area contributed by atoms with E-state index in [0.717, 1.165) is 17.0 Å². The number of hydrogen-bond acceptors (Lipinski definition) is 3.